The van der Waals surface area contributed by atoms with Crippen molar-refractivity contribution in [2.45, 2.75) is 19.5 Å². The van der Waals surface area contributed by atoms with E-state index in [4.69, 9.17) is 0 Å². The van der Waals surface area contributed by atoms with Crippen LogP contribution in [-0.4, -0.2) is 12.1 Å². The summed E-state index contributed by atoms with van der Waals surface area (Å²) in [5.74, 6) is -2.04. The van der Waals surface area contributed by atoms with E-state index in [-0.39, 0.29) is 0 Å². The molecule has 1 amide bonds. The molecule has 5 heteroatoms. The molecule has 0 saturated heterocycles. The van der Waals surface area contributed by atoms with Crippen LogP contribution in [0, 0.1) is 5.92 Å². The Balaban J connectivity index is 3.80. The van der Waals surface area contributed by atoms with Crippen molar-refractivity contribution >= 4 is 5.91 Å². The van der Waals surface area contributed by atoms with Gasteiger partial charge in [0.05, 0.1) is 6.42 Å². The summed E-state index contributed by atoms with van der Waals surface area (Å²) in [6.07, 6.45) is -5.43. The van der Waals surface area contributed by atoms with Gasteiger partial charge in [0.2, 0.25) is 5.91 Å². The van der Waals surface area contributed by atoms with Gasteiger partial charge in [-0.1, -0.05) is 6.92 Å². The average molecular weight is 155 g/mol. The molecule has 0 aliphatic rings. The number of rotatable bonds is 2. The molecule has 0 rings (SSSR count). The van der Waals surface area contributed by atoms with Crippen molar-refractivity contribution < 1.29 is 18.0 Å². The first-order chi connectivity index (χ1) is 4.33. The van der Waals surface area contributed by atoms with Crippen molar-refractivity contribution in [3.05, 3.63) is 0 Å². The van der Waals surface area contributed by atoms with E-state index in [0.717, 1.165) is 6.92 Å². The zero-order valence-corrected chi connectivity index (χ0v) is 5.40. The summed E-state index contributed by atoms with van der Waals surface area (Å²) in [4.78, 5) is 10.1. The Kier molecular flexibility index (Phi) is 2.68. The summed E-state index contributed by atoms with van der Waals surface area (Å²) in [6.45, 7) is 1.15. The Bertz CT molecular complexity index is 131. The molecule has 0 spiro atoms. The molecule has 0 unspecified atom stereocenters. The summed E-state index contributed by atoms with van der Waals surface area (Å²) in [7, 11) is 0. The van der Waals surface area contributed by atoms with E-state index in [1.54, 1.807) is 0 Å². The summed E-state index contributed by atoms with van der Waals surface area (Å²) in [5.41, 5.74) is 4.60. The van der Waals surface area contributed by atoms with Gasteiger partial charge in [0.25, 0.3) is 0 Å². The van der Waals surface area contributed by atoms with Crippen molar-refractivity contribution in [3.8, 4) is 0 Å². The third kappa shape index (κ3) is 4.17. The number of carbonyl (C=O) groups is 1. The Morgan fingerprint density at radius 2 is 2.00 bits per heavy atom. The number of nitrogens with two attached hydrogens (primary N) is 1. The number of primary amides is 1. The van der Waals surface area contributed by atoms with Crippen LogP contribution in [-0.2, 0) is 4.79 Å². The normalized spacial score (nSPS) is 14.8. The fourth-order valence-corrected chi connectivity index (χ4v) is 0.448. The van der Waals surface area contributed by atoms with E-state index in [9.17, 15) is 18.0 Å². The van der Waals surface area contributed by atoms with Crippen LogP contribution < -0.4 is 5.73 Å². The lowest BCUT2D eigenvalue weighted by molar-refractivity contribution is -0.151. The van der Waals surface area contributed by atoms with Gasteiger partial charge in [-0.3, -0.25) is 4.79 Å². The minimum Gasteiger partial charge on any atom is -0.369 e. The molecule has 0 radical (unpaired) electrons. The molecule has 2 nitrogen and oxygen atoms in total. The molecule has 0 aromatic carbocycles. The van der Waals surface area contributed by atoms with Crippen molar-refractivity contribution in [1.82, 2.24) is 0 Å². The molecule has 60 valence electrons. The smallest absolute Gasteiger partial charge is 0.369 e. The molecular weight excluding hydrogens is 147 g/mol. The van der Waals surface area contributed by atoms with Gasteiger partial charge in [-0.15, -0.1) is 0 Å². The van der Waals surface area contributed by atoms with Gasteiger partial charge in [-0.2, -0.15) is 13.2 Å². The maximum absolute atomic E-state index is 11.5. The van der Waals surface area contributed by atoms with Crippen LogP contribution in [0.15, 0.2) is 0 Å². The molecule has 0 aliphatic heterocycles. The van der Waals surface area contributed by atoms with E-state index in [2.05, 4.69) is 5.73 Å². The fourth-order valence-electron chi connectivity index (χ4n) is 0.448. The maximum atomic E-state index is 11.5. The highest BCUT2D eigenvalue weighted by molar-refractivity contribution is 5.76. The Hall–Kier alpha value is -0.740. The lowest BCUT2D eigenvalue weighted by atomic mass is 10.1. The number of hydrogen-bond acceptors (Lipinski definition) is 1. The van der Waals surface area contributed by atoms with E-state index in [1.165, 1.54) is 0 Å². The van der Waals surface area contributed by atoms with Crippen LogP contribution in [0.5, 0.6) is 0 Å². The monoisotopic (exact) mass is 155 g/mol. The molecule has 1 atom stereocenters. The second-order valence-electron chi connectivity index (χ2n) is 2.12. The highest BCUT2D eigenvalue weighted by atomic mass is 19.4. The van der Waals surface area contributed by atoms with Gasteiger partial charge in [0.1, 0.15) is 0 Å². The highest BCUT2D eigenvalue weighted by Crippen LogP contribution is 2.23. The molecule has 2 N–H and O–H groups in total. The fraction of sp³-hybridized carbons (Fsp3) is 0.800. The van der Waals surface area contributed by atoms with Crippen LogP contribution in [0.3, 0.4) is 0 Å². The lowest BCUT2D eigenvalue weighted by Crippen LogP contribution is -2.25. The summed E-state index contributed by atoms with van der Waals surface area (Å²) >= 11 is 0. The molecule has 0 fully saturated rings. The van der Waals surface area contributed by atoms with Crippen molar-refractivity contribution in [2.24, 2.45) is 11.7 Å². The first-order valence-corrected chi connectivity index (χ1v) is 2.69. The summed E-state index contributed by atoms with van der Waals surface area (Å²) in [5, 5.41) is 0. The predicted octanol–water partition coefficient (Wildman–Crippen LogP) is 1.06. The molecule has 0 aromatic heterocycles. The number of hydrogen-bond donors (Lipinski definition) is 1. The van der Waals surface area contributed by atoms with Crippen LogP contribution >= 0.6 is 0 Å². The minimum atomic E-state index is -4.30. The van der Waals surface area contributed by atoms with E-state index in [1.807, 2.05) is 0 Å². The first-order valence-electron chi connectivity index (χ1n) is 2.69. The summed E-state index contributed by atoms with van der Waals surface area (Å²) < 4.78 is 34.4. The third-order valence-corrected chi connectivity index (χ3v) is 1.02. The molecule has 0 saturated carbocycles. The zero-order valence-electron chi connectivity index (χ0n) is 5.40. The van der Waals surface area contributed by atoms with Crippen LogP contribution in [0.4, 0.5) is 13.2 Å². The lowest BCUT2D eigenvalue weighted by Gasteiger charge is -2.09. The Labute approximate surface area is 56.2 Å². The molecule has 0 aliphatic carbocycles. The SMILES string of the molecule is C[C@@H](CC(F)(F)F)C(N)=O. The molecule has 0 bridgehead atoms. The number of halogens is 3. The van der Waals surface area contributed by atoms with Gasteiger partial charge >= 0.3 is 6.18 Å². The van der Waals surface area contributed by atoms with Crippen LogP contribution in [0.2, 0.25) is 0 Å². The second kappa shape index (κ2) is 2.90. The number of carbonyl (C=O) groups excluding carboxylic acids is 1. The van der Waals surface area contributed by atoms with E-state index in [0.29, 0.717) is 0 Å². The third-order valence-electron chi connectivity index (χ3n) is 1.02. The maximum Gasteiger partial charge on any atom is 0.389 e. The largest absolute Gasteiger partial charge is 0.389 e. The van der Waals surface area contributed by atoms with Gasteiger partial charge < -0.3 is 5.73 Å². The van der Waals surface area contributed by atoms with Crippen molar-refractivity contribution in [2.75, 3.05) is 0 Å². The topological polar surface area (TPSA) is 43.1 Å². The molecule has 0 heterocycles. The highest BCUT2D eigenvalue weighted by Gasteiger charge is 2.31. The Morgan fingerprint density at radius 3 is 2.10 bits per heavy atom. The number of amides is 1. The van der Waals surface area contributed by atoms with Crippen LogP contribution in [0.1, 0.15) is 13.3 Å². The second-order valence-corrected chi connectivity index (χ2v) is 2.12. The van der Waals surface area contributed by atoms with Gasteiger partial charge in [-0.05, 0) is 0 Å². The average Bonchev–Trinajstić information content (AvgIpc) is 1.60. The van der Waals surface area contributed by atoms with Crippen molar-refractivity contribution in [3.63, 3.8) is 0 Å². The predicted molar refractivity (Wildman–Crippen MR) is 29.0 cm³/mol. The molecule has 10 heavy (non-hydrogen) atoms. The van der Waals surface area contributed by atoms with Gasteiger partial charge in [0, 0.05) is 5.92 Å². The van der Waals surface area contributed by atoms with E-state index >= 15 is 0 Å². The first kappa shape index (κ1) is 9.26. The van der Waals surface area contributed by atoms with E-state index < -0.39 is 24.4 Å². The Morgan fingerprint density at radius 1 is 1.60 bits per heavy atom. The number of alkyl halides is 3. The van der Waals surface area contributed by atoms with Gasteiger partial charge in [-0.25, -0.2) is 0 Å². The zero-order chi connectivity index (χ0) is 8.36. The molecular formula is C5H8F3NO. The minimum absolute atomic E-state index is 0.919. The van der Waals surface area contributed by atoms with Gasteiger partial charge in [0.15, 0.2) is 0 Å². The quantitative estimate of drug-likeness (QED) is 0.636. The van der Waals surface area contributed by atoms with Crippen LogP contribution in [0.25, 0.3) is 0 Å². The standard InChI is InChI=1S/C5H8F3NO/c1-3(4(9)10)2-5(6,7)8/h3H,2H2,1H3,(H2,9,10)/t3-/m0/s1. The summed E-state index contributed by atoms with van der Waals surface area (Å²) in [6, 6.07) is 0. The van der Waals surface area contributed by atoms with Crippen molar-refractivity contribution in [1.29, 1.82) is 0 Å². The molecule has 0 aromatic rings.